The van der Waals surface area contributed by atoms with Gasteiger partial charge < -0.3 is 5.11 Å². The fourth-order valence-corrected chi connectivity index (χ4v) is 3.31. The van der Waals surface area contributed by atoms with E-state index in [1.807, 2.05) is 0 Å². The summed E-state index contributed by atoms with van der Waals surface area (Å²) in [5, 5.41) is 9.43. The highest BCUT2D eigenvalue weighted by molar-refractivity contribution is 5.70. The fourth-order valence-electron chi connectivity index (χ4n) is 3.31. The van der Waals surface area contributed by atoms with Gasteiger partial charge in [0, 0.05) is 0 Å². The Hall–Kier alpha value is -0.530. The van der Waals surface area contributed by atoms with E-state index in [0.29, 0.717) is 22.7 Å². The quantitative estimate of drug-likeness (QED) is 0.784. The van der Waals surface area contributed by atoms with E-state index in [4.69, 9.17) is 0 Å². The van der Waals surface area contributed by atoms with Crippen LogP contribution in [0.15, 0.2) is 0 Å². The molecule has 112 valence electrons. The molecule has 1 fully saturated rings. The molecule has 2 heteroatoms. The summed E-state index contributed by atoms with van der Waals surface area (Å²) in [6.07, 6.45) is 5.22. The maximum absolute atomic E-state index is 11.4. The number of carboxylic acid groups (broad SMARTS) is 1. The molecule has 1 rings (SSSR count). The standard InChI is InChI=1S/C17H32O2/c1-16(2,3)10-9-12-11-13(17(4,5)6)7-8-14(12)15(18)19/h12-14H,7-11H2,1-6H3,(H,18,19). The van der Waals surface area contributed by atoms with Gasteiger partial charge >= 0.3 is 5.97 Å². The molecule has 0 aromatic rings. The van der Waals surface area contributed by atoms with Gasteiger partial charge in [-0.1, -0.05) is 41.5 Å². The van der Waals surface area contributed by atoms with Crippen molar-refractivity contribution in [3.05, 3.63) is 0 Å². The van der Waals surface area contributed by atoms with Gasteiger partial charge in [-0.25, -0.2) is 0 Å². The van der Waals surface area contributed by atoms with Gasteiger partial charge in [0.05, 0.1) is 5.92 Å². The highest BCUT2D eigenvalue weighted by atomic mass is 16.4. The first-order chi connectivity index (χ1) is 8.50. The van der Waals surface area contributed by atoms with Gasteiger partial charge in [0.1, 0.15) is 0 Å². The predicted molar refractivity (Wildman–Crippen MR) is 80.1 cm³/mol. The summed E-state index contributed by atoms with van der Waals surface area (Å²) in [6.45, 7) is 13.6. The summed E-state index contributed by atoms with van der Waals surface area (Å²) in [6, 6.07) is 0. The van der Waals surface area contributed by atoms with E-state index in [9.17, 15) is 9.90 Å². The van der Waals surface area contributed by atoms with E-state index in [-0.39, 0.29) is 5.92 Å². The SMILES string of the molecule is CC(C)(C)CCC1CC(C(C)(C)C)CCC1C(=O)O. The first kappa shape index (κ1) is 16.5. The molecule has 1 aliphatic carbocycles. The Morgan fingerprint density at radius 2 is 1.68 bits per heavy atom. The smallest absolute Gasteiger partial charge is 0.306 e. The third kappa shape index (κ3) is 5.16. The largest absolute Gasteiger partial charge is 0.481 e. The normalized spacial score (nSPS) is 29.3. The zero-order valence-corrected chi connectivity index (χ0v) is 13.6. The van der Waals surface area contributed by atoms with Crippen LogP contribution < -0.4 is 0 Å². The number of carbonyl (C=O) groups is 1. The molecule has 1 aliphatic rings. The molecule has 0 spiro atoms. The van der Waals surface area contributed by atoms with Gasteiger partial charge in [-0.2, -0.15) is 0 Å². The Morgan fingerprint density at radius 1 is 1.11 bits per heavy atom. The predicted octanol–water partition coefficient (Wildman–Crippen LogP) is 4.98. The summed E-state index contributed by atoms with van der Waals surface area (Å²) in [5.74, 6) is 0.356. The minimum atomic E-state index is -0.578. The topological polar surface area (TPSA) is 37.3 Å². The van der Waals surface area contributed by atoms with Crippen LogP contribution in [0.4, 0.5) is 0 Å². The van der Waals surface area contributed by atoms with Crippen LogP contribution in [0.3, 0.4) is 0 Å². The summed E-state index contributed by atoms with van der Waals surface area (Å²) >= 11 is 0. The molecule has 3 atom stereocenters. The summed E-state index contributed by atoms with van der Waals surface area (Å²) in [4.78, 5) is 11.4. The molecule has 3 unspecified atom stereocenters. The van der Waals surface area contributed by atoms with Crippen molar-refractivity contribution in [3.8, 4) is 0 Å². The summed E-state index contributed by atoms with van der Waals surface area (Å²) in [5.41, 5.74) is 0.612. The number of rotatable bonds is 3. The van der Waals surface area contributed by atoms with Gasteiger partial charge in [-0.05, 0) is 54.8 Å². The maximum atomic E-state index is 11.4. The van der Waals surface area contributed by atoms with Crippen LogP contribution in [0, 0.1) is 28.6 Å². The molecule has 0 radical (unpaired) electrons. The van der Waals surface area contributed by atoms with Gasteiger partial charge in [0.15, 0.2) is 0 Å². The van der Waals surface area contributed by atoms with Gasteiger partial charge in [0.25, 0.3) is 0 Å². The van der Waals surface area contributed by atoms with Crippen LogP contribution in [0.1, 0.15) is 73.6 Å². The summed E-state index contributed by atoms with van der Waals surface area (Å²) in [7, 11) is 0. The molecule has 1 saturated carbocycles. The highest BCUT2D eigenvalue weighted by Crippen LogP contribution is 2.45. The van der Waals surface area contributed by atoms with E-state index >= 15 is 0 Å². The maximum Gasteiger partial charge on any atom is 0.306 e. The van der Waals surface area contributed by atoms with Crippen molar-refractivity contribution in [2.45, 2.75) is 73.6 Å². The second-order valence-electron chi connectivity index (χ2n) is 8.68. The van der Waals surface area contributed by atoms with Crippen LogP contribution >= 0.6 is 0 Å². The van der Waals surface area contributed by atoms with Crippen LogP contribution in [-0.2, 0) is 4.79 Å². The molecule has 1 N–H and O–H groups in total. The lowest BCUT2D eigenvalue weighted by molar-refractivity contribution is -0.146. The van der Waals surface area contributed by atoms with Crippen molar-refractivity contribution < 1.29 is 9.90 Å². The monoisotopic (exact) mass is 268 g/mol. The second-order valence-corrected chi connectivity index (χ2v) is 8.68. The Morgan fingerprint density at radius 3 is 2.11 bits per heavy atom. The minimum Gasteiger partial charge on any atom is -0.481 e. The van der Waals surface area contributed by atoms with E-state index < -0.39 is 5.97 Å². The minimum absolute atomic E-state index is 0.110. The Kier molecular flexibility index (Phi) is 5.08. The lowest BCUT2D eigenvalue weighted by Gasteiger charge is -2.41. The van der Waals surface area contributed by atoms with Crippen LogP contribution in [0.2, 0.25) is 0 Å². The third-order valence-corrected chi connectivity index (χ3v) is 4.79. The molecule has 0 aromatic carbocycles. The average molecular weight is 268 g/mol. The van der Waals surface area contributed by atoms with Crippen molar-refractivity contribution in [3.63, 3.8) is 0 Å². The first-order valence-electron chi connectivity index (χ1n) is 7.73. The first-order valence-corrected chi connectivity index (χ1v) is 7.73. The van der Waals surface area contributed by atoms with E-state index in [1.165, 1.54) is 0 Å². The van der Waals surface area contributed by atoms with Crippen molar-refractivity contribution in [1.29, 1.82) is 0 Å². The lowest BCUT2D eigenvalue weighted by atomic mass is 9.64. The van der Waals surface area contributed by atoms with E-state index in [2.05, 4.69) is 41.5 Å². The fraction of sp³-hybridized carbons (Fsp3) is 0.941. The molecule has 0 saturated heterocycles. The second kappa shape index (κ2) is 5.85. The number of hydrogen-bond donors (Lipinski definition) is 1. The molecule has 0 amide bonds. The van der Waals surface area contributed by atoms with Crippen molar-refractivity contribution >= 4 is 5.97 Å². The lowest BCUT2D eigenvalue weighted by Crippen LogP contribution is -2.35. The average Bonchev–Trinajstić information content (AvgIpc) is 2.23. The third-order valence-electron chi connectivity index (χ3n) is 4.79. The number of hydrogen-bond acceptors (Lipinski definition) is 1. The van der Waals surface area contributed by atoms with E-state index in [1.54, 1.807) is 0 Å². The molecule has 0 aromatic heterocycles. The molecular weight excluding hydrogens is 236 g/mol. The van der Waals surface area contributed by atoms with Crippen LogP contribution in [0.5, 0.6) is 0 Å². The molecule has 0 bridgehead atoms. The van der Waals surface area contributed by atoms with Crippen LogP contribution in [0.25, 0.3) is 0 Å². The zero-order valence-electron chi connectivity index (χ0n) is 13.6. The summed E-state index contributed by atoms with van der Waals surface area (Å²) < 4.78 is 0. The Balaban J connectivity index is 2.71. The number of aliphatic carboxylic acids is 1. The molecular formula is C17H32O2. The van der Waals surface area contributed by atoms with Crippen LogP contribution in [-0.4, -0.2) is 11.1 Å². The van der Waals surface area contributed by atoms with E-state index in [0.717, 1.165) is 32.1 Å². The van der Waals surface area contributed by atoms with Crippen molar-refractivity contribution in [2.24, 2.45) is 28.6 Å². The highest BCUT2D eigenvalue weighted by Gasteiger charge is 2.39. The molecule has 0 aliphatic heterocycles. The van der Waals surface area contributed by atoms with Crippen molar-refractivity contribution in [1.82, 2.24) is 0 Å². The van der Waals surface area contributed by atoms with Gasteiger partial charge in [-0.15, -0.1) is 0 Å². The molecule has 19 heavy (non-hydrogen) atoms. The van der Waals surface area contributed by atoms with Gasteiger partial charge in [-0.3, -0.25) is 4.79 Å². The van der Waals surface area contributed by atoms with Gasteiger partial charge in [0.2, 0.25) is 0 Å². The molecule has 0 heterocycles. The Labute approximate surface area is 119 Å². The number of carboxylic acids is 1. The zero-order chi connectivity index (χ0) is 14.8. The molecule has 2 nitrogen and oxygen atoms in total. The van der Waals surface area contributed by atoms with Crippen molar-refractivity contribution in [2.75, 3.05) is 0 Å². The Bertz CT molecular complexity index is 306.